The van der Waals surface area contributed by atoms with Gasteiger partial charge >= 0.3 is 0 Å². The van der Waals surface area contributed by atoms with E-state index in [2.05, 4.69) is 20.6 Å². The molecule has 142 valence electrons. The predicted octanol–water partition coefficient (Wildman–Crippen LogP) is 4.45. The highest BCUT2D eigenvalue weighted by Crippen LogP contribution is 2.30. The quantitative estimate of drug-likeness (QED) is 0.377. The monoisotopic (exact) mass is 411 g/mol. The molecule has 0 aliphatic carbocycles. The molecule has 8 heteroatoms. The van der Waals surface area contributed by atoms with Crippen molar-refractivity contribution in [2.75, 3.05) is 11.9 Å². The number of thiophene rings is 1. The van der Waals surface area contributed by atoms with Gasteiger partial charge in [0.2, 0.25) is 0 Å². The Kier molecular flexibility index (Phi) is 5.29. The van der Waals surface area contributed by atoms with Gasteiger partial charge in [-0.25, -0.2) is 4.98 Å². The summed E-state index contributed by atoms with van der Waals surface area (Å²) in [6.45, 7) is 0.272. The molecule has 0 aliphatic rings. The molecule has 0 bridgehead atoms. The van der Waals surface area contributed by atoms with E-state index in [0.29, 0.717) is 9.90 Å². The highest BCUT2D eigenvalue weighted by Gasteiger charge is 2.19. The molecule has 3 heterocycles. The van der Waals surface area contributed by atoms with Gasteiger partial charge in [0.1, 0.15) is 10.5 Å². The van der Waals surface area contributed by atoms with E-state index in [-0.39, 0.29) is 18.5 Å². The third-order valence-electron chi connectivity index (χ3n) is 4.39. The molecule has 1 amide bonds. The molecule has 5 N–H and O–H groups in total. The molecule has 1 unspecified atom stereocenters. The zero-order valence-corrected chi connectivity index (χ0v) is 16.3. The Balaban J connectivity index is 1.56. The number of nitrogens with two attached hydrogens (primary N) is 1. The lowest BCUT2D eigenvalue weighted by molar-refractivity contribution is 0.0942. The number of aromatic nitrogens is 2. The fourth-order valence-electron chi connectivity index (χ4n) is 3.02. The predicted molar refractivity (Wildman–Crippen MR) is 114 cm³/mol. The second kappa shape index (κ2) is 8.02. The standard InChI is InChI=1S/C20H18ClN5OS/c21-13-3-1-2-12(10-13)17(11-22)26-20(27)18-16(6-9-28-18)25-15-5-8-24-19-14(15)4-7-23-19/h1-10,17H,11,22H2,(H,26,27)(H2,23,24,25). The molecule has 28 heavy (non-hydrogen) atoms. The molecule has 4 aromatic rings. The summed E-state index contributed by atoms with van der Waals surface area (Å²) in [5, 5.41) is 9.78. The van der Waals surface area contributed by atoms with Crippen LogP contribution in [0, 0.1) is 0 Å². The fourth-order valence-corrected chi connectivity index (χ4v) is 3.97. The first-order chi connectivity index (χ1) is 13.7. The average Bonchev–Trinajstić information content (AvgIpc) is 3.35. The zero-order chi connectivity index (χ0) is 19.5. The summed E-state index contributed by atoms with van der Waals surface area (Å²) in [6.07, 6.45) is 3.55. The summed E-state index contributed by atoms with van der Waals surface area (Å²) >= 11 is 7.44. The number of hydrogen-bond donors (Lipinski definition) is 4. The molecule has 0 saturated carbocycles. The number of anilines is 2. The summed E-state index contributed by atoms with van der Waals surface area (Å²) in [4.78, 5) is 20.9. The van der Waals surface area contributed by atoms with E-state index >= 15 is 0 Å². The van der Waals surface area contributed by atoms with Crippen molar-refractivity contribution in [3.05, 3.63) is 75.7 Å². The van der Waals surface area contributed by atoms with Crippen LogP contribution >= 0.6 is 22.9 Å². The number of fused-ring (bicyclic) bond motifs is 1. The van der Waals surface area contributed by atoms with Gasteiger partial charge in [-0.3, -0.25) is 4.79 Å². The molecule has 0 aliphatic heterocycles. The number of rotatable bonds is 6. The van der Waals surface area contributed by atoms with Crippen molar-refractivity contribution in [2.45, 2.75) is 6.04 Å². The number of hydrogen-bond acceptors (Lipinski definition) is 5. The fraction of sp³-hybridized carbons (Fsp3) is 0.100. The van der Waals surface area contributed by atoms with Crippen LogP contribution in [0.5, 0.6) is 0 Å². The minimum atomic E-state index is -0.321. The van der Waals surface area contributed by atoms with Gasteiger partial charge in [-0.05, 0) is 41.3 Å². The van der Waals surface area contributed by atoms with Crippen LogP contribution in [0.1, 0.15) is 21.3 Å². The smallest absolute Gasteiger partial charge is 0.264 e. The van der Waals surface area contributed by atoms with Crippen LogP contribution in [0.25, 0.3) is 11.0 Å². The Morgan fingerprint density at radius 2 is 2.14 bits per heavy atom. The molecule has 4 rings (SSSR count). The van der Waals surface area contributed by atoms with Gasteiger partial charge in [-0.1, -0.05) is 23.7 Å². The van der Waals surface area contributed by atoms with Crippen LogP contribution in [0.2, 0.25) is 5.02 Å². The summed E-state index contributed by atoms with van der Waals surface area (Å²) in [6, 6.07) is 12.7. The van der Waals surface area contributed by atoms with Crippen LogP contribution in [0.15, 0.2) is 60.2 Å². The van der Waals surface area contributed by atoms with E-state index < -0.39 is 0 Å². The normalized spacial score (nSPS) is 12.1. The number of carbonyl (C=O) groups excluding carboxylic acids is 1. The molecule has 0 fully saturated rings. The number of carbonyl (C=O) groups is 1. The highest BCUT2D eigenvalue weighted by molar-refractivity contribution is 7.12. The molecule has 0 saturated heterocycles. The Morgan fingerprint density at radius 1 is 1.25 bits per heavy atom. The Labute approximate surface area is 170 Å². The van der Waals surface area contributed by atoms with Crippen LogP contribution in [-0.4, -0.2) is 22.4 Å². The van der Waals surface area contributed by atoms with Crippen LogP contribution < -0.4 is 16.4 Å². The van der Waals surface area contributed by atoms with Crippen LogP contribution in [0.3, 0.4) is 0 Å². The first-order valence-electron chi connectivity index (χ1n) is 8.68. The lowest BCUT2D eigenvalue weighted by Gasteiger charge is -2.18. The zero-order valence-electron chi connectivity index (χ0n) is 14.8. The third-order valence-corrected chi connectivity index (χ3v) is 5.54. The molecular formula is C20H18ClN5OS. The third kappa shape index (κ3) is 3.73. The lowest BCUT2D eigenvalue weighted by Crippen LogP contribution is -2.33. The van der Waals surface area contributed by atoms with Gasteiger partial charge in [-0.15, -0.1) is 11.3 Å². The minimum absolute atomic E-state index is 0.188. The molecule has 0 radical (unpaired) electrons. The molecule has 3 aromatic heterocycles. The van der Waals surface area contributed by atoms with E-state index in [1.807, 2.05) is 48.0 Å². The number of H-pyrrole nitrogens is 1. The molecule has 1 atom stereocenters. The van der Waals surface area contributed by atoms with Crippen molar-refractivity contribution in [2.24, 2.45) is 5.73 Å². The maximum atomic E-state index is 12.9. The SMILES string of the molecule is NCC(NC(=O)c1sccc1Nc1ccnc2[nH]ccc12)c1cccc(Cl)c1. The van der Waals surface area contributed by atoms with E-state index in [1.54, 1.807) is 12.3 Å². The average molecular weight is 412 g/mol. The Hall–Kier alpha value is -2.87. The van der Waals surface area contributed by atoms with E-state index in [0.717, 1.165) is 28.0 Å². The summed E-state index contributed by atoms with van der Waals surface area (Å²) in [7, 11) is 0. The van der Waals surface area contributed by atoms with E-state index in [4.69, 9.17) is 17.3 Å². The number of nitrogens with one attached hydrogen (secondary N) is 3. The molecule has 6 nitrogen and oxygen atoms in total. The van der Waals surface area contributed by atoms with Crippen molar-refractivity contribution >= 4 is 51.3 Å². The topological polar surface area (TPSA) is 95.8 Å². The molecular weight excluding hydrogens is 394 g/mol. The van der Waals surface area contributed by atoms with Gasteiger partial charge in [0.15, 0.2) is 0 Å². The second-order valence-corrected chi connectivity index (χ2v) is 7.56. The number of halogens is 1. The van der Waals surface area contributed by atoms with Gasteiger partial charge in [0.25, 0.3) is 5.91 Å². The van der Waals surface area contributed by atoms with Crippen molar-refractivity contribution in [3.63, 3.8) is 0 Å². The number of benzene rings is 1. The van der Waals surface area contributed by atoms with Gasteiger partial charge in [0, 0.05) is 29.3 Å². The molecule has 0 spiro atoms. The molecule has 1 aromatic carbocycles. The first kappa shape index (κ1) is 18.5. The van der Waals surface area contributed by atoms with Crippen LogP contribution in [-0.2, 0) is 0 Å². The van der Waals surface area contributed by atoms with Crippen molar-refractivity contribution < 1.29 is 4.79 Å². The van der Waals surface area contributed by atoms with Crippen molar-refractivity contribution in [1.29, 1.82) is 0 Å². The first-order valence-corrected chi connectivity index (χ1v) is 9.94. The van der Waals surface area contributed by atoms with Gasteiger partial charge in [0.05, 0.1) is 17.4 Å². The largest absolute Gasteiger partial charge is 0.354 e. The van der Waals surface area contributed by atoms with Crippen LogP contribution in [0.4, 0.5) is 11.4 Å². The lowest BCUT2D eigenvalue weighted by atomic mass is 10.1. The Bertz CT molecular complexity index is 1120. The van der Waals surface area contributed by atoms with Crippen molar-refractivity contribution in [3.8, 4) is 0 Å². The number of nitrogens with zero attached hydrogens (tertiary/aromatic N) is 1. The van der Waals surface area contributed by atoms with E-state index in [9.17, 15) is 4.79 Å². The minimum Gasteiger partial charge on any atom is -0.354 e. The highest BCUT2D eigenvalue weighted by atomic mass is 35.5. The van der Waals surface area contributed by atoms with Gasteiger partial charge < -0.3 is 21.4 Å². The number of aromatic amines is 1. The summed E-state index contributed by atoms with van der Waals surface area (Å²) in [5.74, 6) is -0.188. The van der Waals surface area contributed by atoms with Gasteiger partial charge in [-0.2, -0.15) is 0 Å². The number of pyridine rings is 1. The second-order valence-electron chi connectivity index (χ2n) is 6.20. The maximum Gasteiger partial charge on any atom is 0.264 e. The summed E-state index contributed by atoms with van der Waals surface area (Å²) < 4.78 is 0. The van der Waals surface area contributed by atoms with Crippen molar-refractivity contribution in [1.82, 2.24) is 15.3 Å². The summed E-state index contributed by atoms with van der Waals surface area (Å²) in [5.41, 5.74) is 9.16. The van der Waals surface area contributed by atoms with E-state index in [1.165, 1.54) is 11.3 Å². The maximum absolute atomic E-state index is 12.9. The number of amides is 1. The Morgan fingerprint density at radius 3 is 2.96 bits per heavy atom.